The molecule has 3 nitrogen and oxygen atoms in total. The molecule has 0 spiro atoms. The Morgan fingerprint density at radius 2 is 2.20 bits per heavy atom. The molecular formula is C14H11ClN2OS2. The van der Waals surface area contributed by atoms with Crippen molar-refractivity contribution >= 4 is 40.4 Å². The highest BCUT2D eigenvalue weighted by Crippen LogP contribution is 2.32. The SMILES string of the molecule is Nc1ccc(Cl)cc1SCc1cc(-c2cccs2)on1. The van der Waals surface area contributed by atoms with Crippen LogP contribution in [0, 0.1) is 0 Å². The first-order valence-corrected chi connectivity index (χ1v) is 8.14. The monoisotopic (exact) mass is 322 g/mol. The summed E-state index contributed by atoms with van der Waals surface area (Å²) in [5.74, 6) is 1.49. The largest absolute Gasteiger partial charge is 0.398 e. The van der Waals surface area contributed by atoms with Gasteiger partial charge in [0.2, 0.25) is 0 Å². The van der Waals surface area contributed by atoms with Gasteiger partial charge in [-0.1, -0.05) is 22.8 Å². The summed E-state index contributed by atoms with van der Waals surface area (Å²) < 4.78 is 5.34. The number of halogens is 1. The summed E-state index contributed by atoms with van der Waals surface area (Å²) in [7, 11) is 0. The van der Waals surface area contributed by atoms with E-state index in [4.69, 9.17) is 21.9 Å². The smallest absolute Gasteiger partial charge is 0.177 e. The zero-order chi connectivity index (χ0) is 13.9. The van der Waals surface area contributed by atoms with Crippen molar-refractivity contribution in [3.05, 3.63) is 52.5 Å². The minimum Gasteiger partial charge on any atom is -0.398 e. The van der Waals surface area contributed by atoms with E-state index in [2.05, 4.69) is 5.16 Å². The Labute approximate surface area is 129 Å². The lowest BCUT2D eigenvalue weighted by atomic mass is 10.3. The molecule has 2 N–H and O–H groups in total. The molecule has 0 atom stereocenters. The minimum atomic E-state index is 0.682. The van der Waals surface area contributed by atoms with Crippen molar-refractivity contribution in [1.29, 1.82) is 0 Å². The summed E-state index contributed by atoms with van der Waals surface area (Å²) in [6.07, 6.45) is 0. The van der Waals surface area contributed by atoms with E-state index in [9.17, 15) is 0 Å². The number of nitrogens with two attached hydrogens (primary N) is 1. The predicted octanol–water partition coefficient (Wildman–Crippen LogP) is 4.93. The van der Waals surface area contributed by atoms with Gasteiger partial charge in [0, 0.05) is 27.4 Å². The van der Waals surface area contributed by atoms with Gasteiger partial charge in [-0.15, -0.1) is 23.1 Å². The van der Waals surface area contributed by atoms with E-state index in [1.165, 1.54) is 0 Å². The van der Waals surface area contributed by atoms with Gasteiger partial charge in [0.15, 0.2) is 5.76 Å². The number of nitrogen functional groups attached to an aromatic ring is 1. The number of hydrogen-bond donors (Lipinski definition) is 1. The van der Waals surface area contributed by atoms with Crippen LogP contribution in [0.25, 0.3) is 10.6 Å². The van der Waals surface area contributed by atoms with Gasteiger partial charge < -0.3 is 10.3 Å². The molecular weight excluding hydrogens is 312 g/mol. The van der Waals surface area contributed by atoms with E-state index < -0.39 is 0 Å². The first kappa shape index (κ1) is 13.5. The third kappa shape index (κ3) is 3.00. The van der Waals surface area contributed by atoms with Gasteiger partial charge in [-0.2, -0.15) is 0 Å². The highest BCUT2D eigenvalue weighted by Gasteiger charge is 2.09. The van der Waals surface area contributed by atoms with Crippen molar-refractivity contribution in [3.8, 4) is 10.6 Å². The molecule has 3 rings (SSSR count). The van der Waals surface area contributed by atoms with E-state index in [1.807, 2.05) is 35.7 Å². The zero-order valence-electron chi connectivity index (χ0n) is 10.4. The van der Waals surface area contributed by atoms with Gasteiger partial charge >= 0.3 is 0 Å². The Morgan fingerprint density at radius 3 is 3.00 bits per heavy atom. The third-order valence-corrected chi connectivity index (χ3v) is 4.90. The van der Waals surface area contributed by atoms with Crippen LogP contribution in [0.5, 0.6) is 0 Å². The molecule has 20 heavy (non-hydrogen) atoms. The lowest BCUT2D eigenvalue weighted by molar-refractivity contribution is 0.427. The topological polar surface area (TPSA) is 52.0 Å². The van der Waals surface area contributed by atoms with Crippen LogP contribution in [0.2, 0.25) is 5.02 Å². The maximum Gasteiger partial charge on any atom is 0.177 e. The molecule has 0 saturated heterocycles. The molecule has 2 aromatic heterocycles. The summed E-state index contributed by atoms with van der Waals surface area (Å²) in [5, 5.41) is 6.77. The Kier molecular flexibility index (Phi) is 4.00. The Bertz CT molecular complexity index is 710. The van der Waals surface area contributed by atoms with Crippen molar-refractivity contribution in [1.82, 2.24) is 5.16 Å². The van der Waals surface area contributed by atoms with E-state index in [0.717, 1.165) is 26.9 Å². The van der Waals surface area contributed by atoms with Gasteiger partial charge in [0.1, 0.15) is 0 Å². The Hall–Kier alpha value is -1.43. The average molecular weight is 323 g/mol. The summed E-state index contributed by atoms with van der Waals surface area (Å²) >= 11 is 9.20. The summed E-state index contributed by atoms with van der Waals surface area (Å²) in [6, 6.07) is 11.4. The molecule has 0 aliphatic carbocycles. The number of hydrogen-bond acceptors (Lipinski definition) is 5. The molecule has 0 amide bonds. The van der Waals surface area contributed by atoms with Crippen LogP contribution in [0.1, 0.15) is 5.69 Å². The maximum absolute atomic E-state index is 5.97. The molecule has 1 aromatic carbocycles. The zero-order valence-corrected chi connectivity index (χ0v) is 12.8. The Balaban J connectivity index is 1.71. The van der Waals surface area contributed by atoms with Crippen LogP contribution in [0.3, 0.4) is 0 Å². The average Bonchev–Trinajstić information content (AvgIpc) is 3.09. The molecule has 0 saturated carbocycles. The minimum absolute atomic E-state index is 0.682. The fourth-order valence-electron chi connectivity index (χ4n) is 1.70. The van der Waals surface area contributed by atoms with Crippen LogP contribution in [-0.4, -0.2) is 5.16 Å². The lowest BCUT2D eigenvalue weighted by Gasteiger charge is -2.03. The van der Waals surface area contributed by atoms with Crippen LogP contribution in [-0.2, 0) is 5.75 Å². The van der Waals surface area contributed by atoms with Crippen molar-refractivity contribution in [2.75, 3.05) is 5.73 Å². The number of thioether (sulfide) groups is 1. The third-order valence-electron chi connectivity index (χ3n) is 2.67. The van der Waals surface area contributed by atoms with Crippen molar-refractivity contribution in [2.45, 2.75) is 10.6 Å². The molecule has 0 fully saturated rings. The number of aromatic nitrogens is 1. The highest BCUT2D eigenvalue weighted by molar-refractivity contribution is 7.98. The Morgan fingerprint density at radius 1 is 1.30 bits per heavy atom. The van der Waals surface area contributed by atoms with Crippen molar-refractivity contribution < 1.29 is 4.52 Å². The molecule has 0 aliphatic heterocycles. The van der Waals surface area contributed by atoms with E-state index in [1.54, 1.807) is 29.2 Å². The number of rotatable bonds is 4. The molecule has 0 bridgehead atoms. The number of anilines is 1. The predicted molar refractivity (Wildman–Crippen MR) is 85.2 cm³/mol. The molecule has 3 aromatic rings. The van der Waals surface area contributed by atoms with Crippen molar-refractivity contribution in [2.24, 2.45) is 0 Å². The lowest BCUT2D eigenvalue weighted by Crippen LogP contribution is -1.88. The second-order valence-electron chi connectivity index (χ2n) is 4.13. The van der Waals surface area contributed by atoms with Crippen LogP contribution >= 0.6 is 34.7 Å². The summed E-state index contributed by atoms with van der Waals surface area (Å²) in [6.45, 7) is 0. The molecule has 6 heteroatoms. The van der Waals surface area contributed by atoms with Crippen LogP contribution in [0.4, 0.5) is 5.69 Å². The molecule has 0 unspecified atom stereocenters. The van der Waals surface area contributed by atoms with Gasteiger partial charge in [-0.05, 0) is 29.6 Å². The highest BCUT2D eigenvalue weighted by atomic mass is 35.5. The number of nitrogens with zero attached hydrogens (tertiary/aromatic N) is 1. The quantitative estimate of drug-likeness (QED) is 0.546. The van der Waals surface area contributed by atoms with E-state index >= 15 is 0 Å². The fraction of sp³-hybridized carbons (Fsp3) is 0.0714. The van der Waals surface area contributed by atoms with Gasteiger partial charge in [-0.25, -0.2) is 0 Å². The van der Waals surface area contributed by atoms with Gasteiger partial charge in [0.05, 0.1) is 10.6 Å². The summed E-state index contributed by atoms with van der Waals surface area (Å²) in [5.41, 5.74) is 7.52. The second kappa shape index (κ2) is 5.91. The van der Waals surface area contributed by atoms with E-state index in [0.29, 0.717) is 10.8 Å². The second-order valence-corrected chi connectivity index (χ2v) is 6.53. The fourth-order valence-corrected chi connectivity index (χ4v) is 3.49. The van der Waals surface area contributed by atoms with E-state index in [-0.39, 0.29) is 0 Å². The van der Waals surface area contributed by atoms with Crippen LogP contribution in [0.15, 0.2) is 51.2 Å². The van der Waals surface area contributed by atoms with Crippen LogP contribution < -0.4 is 5.73 Å². The summed E-state index contributed by atoms with van der Waals surface area (Å²) in [4.78, 5) is 2.04. The first-order valence-electron chi connectivity index (χ1n) is 5.89. The van der Waals surface area contributed by atoms with Gasteiger partial charge in [0.25, 0.3) is 0 Å². The number of thiophene rings is 1. The first-order chi connectivity index (χ1) is 9.72. The van der Waals surface area contributed by atoms with Crippen molar-refractivity contribution in [3.63, 3.8) is 0 Å². The molecule has 0 radical (unpaired) electrons. The molecule has 0 aliphatic rings. The van der Waals surface area contributed by atoms with Gasteiger partial charge in [-0.3, -0.25) is 0 Å². The standard InChI is InChI=1S/C14H11ClN2OS2/c15-9-3-4-11(16)14(6-9)20-8-10-7-12(18-17-10)13-2-1-5-19-13/h1-7H,8,16H2. The molecule has 102 valence electrons. The number of benzene rings is 1. The molecule has 2 heterocycles. The maximum atomic E-state index is 5.97. The normalized spacial score (nSPS) is 10.8.